The van der Waals surface area contributed by atoms with Crippen molar-refractivity contribution in [2.24, 2.45) is 0 Å². The molecule has 4 rings (SSSR count). The van der Waals surface area contributed by atoms with E-state index in [0.717, 1.165) is 58.1 Å². The summed E-state index contributed by atoms with van der Waals surface area (Å²) < 4.78 is 5.24. The van der Waals surface area contributed by atoms with Gasteiger partial charge in [0, 0.05) is 63.7 Å². The van der Waals surface area contributed by atoms with Crippen molar-refractivity contribution in [2.75, 3.05) is 75.8 Å². The molecule has 0 N–H and O–H groups in total. The highest BCUT2D eigenvalue weighted by Gasteiger charge is 2.25. The number of hydrogen-bond donors (Lipinski definition) is 0. The Hall–Kier alpha value is -2.73. The minimum Gasteiger partial charge on any atom is -0.497 e. The fourth-order valence-corrected chi connectivity index (χ4v) is 4.36. The van der Waals surface area contributed by atoms with E-state index in [1.54, 1.807) is 7.11 Å². The van der Waals surface area contributed by atoms with Crippen LogP contribution in [0.5, 0.6) is 5.75 Å². The molecule has 0 spiro atoms. The Balaban J connectivity index is 1.23. The molecule has 30 heavy (non-hydrogen) atoms. The number of piperazine rings is 2. The molecule has 0 aliphatic carbocycles. The number of carbonyl (C=O) groups excluding carboxylic acids is 1. The average Bonchev–Trinajstić information content (AvgIpc) is 2.80. The average molecular weight is 409 g/mol. The lowest BCUT2D eigenvalue weighted by Crippen LogP contribution is -2.54. The fourth-order valence-electron chi connectivity index (χ4n) is 4.36. The number of amides is 1. The number of rotatable bonds is 5. The number of nitrogens with zero attached hydrogens (tertiary/aromatic N) is 4. The third kappa shape index (κ3) is 4.70. The van der Waals surface area contributed by atoms with Gasteiger partial charge in [-0.05, 0) is 42.8 Å². The fraction of sp³-hybridized carbons (Fsp3) is 0.458. The SMILES string of the molecule is COc1ccc(N2CCN(C(=O)CN3CCN(c4ccccc4C)CC3)CC2)cc1. The van der Waals surface area contributed by atoms with Crippen LogP contribution in [0.15, 0.2) is 48.5 Å². The predicted molar refractivity (Wildman–Crippen MR) is 122 cm³/mol. The molecule has 2 aliphatic rings. The molecule has 2 saturated heterocycles. The maximum Gasteiger partial charge on any atom is 0.236 e. The molecule has 2 fully saturated rings. The Morgan fingerprint density at radius 2 is 1.47 bits per heavy atom. The molecule has 2 aromatic rings. The van der Waals surface area contributed by atoms with Crippen molar-refractivity contribution in [1.82, 2.24) is 9.80 Å². The first kappa shape index (κ1) is 20.5. The first-order chi connectivity index (χ1) is 14.6. The zero-order valence-electron chi connectivity index (χ0n) is 18.1. The van der Waals surface area contributed by atoms with Gasteiger partial charge in [-0.3, -0.25) is 9.69 Å². The number of carbonyl (C=O) groups is 1. The predicted octanol–water partition coefficient (Wildman–Crippen LogP) is 2.47. The van der Waals surface area contributed by atoms with Gasteiger partial charge in [-0.25, -0.2) is 0 Å². The van der Waals surface area contributed by atoms with Gasteiger partial charge in [-0.15, -0.1) is 0 Å². The smallest absolute Gasteiger partial charge is 0.236 e. The van der Waals surface area contributed by atoms with Gasteiger partial charge in [-0.2, -0.15) is 0 Å². The summed E-state index contributed by atoms with van der Waals surface area (Å²) in [6, 6.07) is 16.7. The maximum atomic E-state index is 12.8. The molecule has 160 valence electrons. The molecule has 6 heteroatoms. The van der Waals surface area contributed by atoms with Crippen molar-refractivity contribution in [3.05, 3.63) is 54.1 Å². The Morgan fingerprint density at radius 3 is 2.10 bits per heavy atom. The van der Waals surface area contributed by atoms with Crippen LogP contribution < -0.4 is 14.5 Å². The molecule has 2 aliphatic heterocycles. The Kier molecular flexibility index (Phi) is 6.43. The lowest BCUT2D eigenvalue weighted by molar-refractivity contribution is -0.132. The van der Waals surface area contributed by atoms with Crippen LogP contribution >= 0.6 is 0 Å². The van der Waals surface area contributed by atoms with Gasteiger partial charge in [0.2, 0.25) is 5.91 Å². The highest BCUT2D eigenvalue weighted by atomic mass is 16.5. The highest BCUT2D eigenvalue weighted by molar-refractivity contribution is 5.78. The van der Waals surface area contributed by atoms with E-state index in [0.29, 0.717) is 6.54 Å². The molecule has 0 aromatic heterocycles. The summed E-state index contributed by atoms with van der Waals surface area (Å²) in [7, 11) is 1.68. The van der Waals surface area contributed by atoms with E-state index in [1.165, 1.54) is 16.9 Å². The summed E-state index contributed by atoms with van der Waals surface area (Å²) in [5.74, 6) is 1.13. The quantitative estimate of drug-likeness (QED) is 0.760. The van der Waals surface area contributed by atoms with Gasteiger partial charge in [-0.1, -0.05) is 18.2 Å². The summed E-state index contributed by atoms with van der Waals surface area (Å²) in [6.07, 6.45) is 0. The number of anilines is 2. The molecule has 2 aromatic carbocycles. The van der Waals surface area contributed by atoms with Gasteiger partial charge in [0.25, 0.3) is 0 Å². The third-order valence-corrected chi connectivity index (χ3v) is 6.26. The molecule has 2 heterocycles. The number of aryl methyl sites for hydroxylation is 1. The molecule has 6 nitrogen and oxygen atoms in total. The molecule has 0 atom stereocenters. The van der Waals surface area contributed by atoms with Crippen LogP contribution in [0.25, 0.3) is 0 Å². The maximum absolute atomic E-state index is 12.8. The van der Waals surface area contributed by atoms with E-state index in [2.05, 4.69) is 58.0 Å². The van der Waals surface area contributed by atoms with E-state index in [-0.39, 0.29) is 5.91 Å². The van der Waals surface area contributed by atoms with Crippen LogP contribution in [0.1, 0.15) is 5.56 Å². The van der Waals surface area contributed by atoms with Gasteiger partial charge in [0.05, 0.1) is 13.7 Å². The minimum absolute atomic E-state index is 0.258. The summed E-state index contributed by atoms with van der Waals surface area (Å²) in [6.45, 7) is 9.84. The molecular formula is C24H32N4O2. The molecule has 1 amide bonds. The number of hydrogen-bond acceptors (Lipinski definition) is 5. The Morgan fingerprint density at radius 1 is 0.833 bits per heavy atom. The lowest BCUT2D eigenvalue weighted by atomic mass is 10.1. The number of methoxy groups -OCH3 is 1. The second-order valence-electron chi connectivity index (χ2n) is 8.12. The summed E-state index contributed by atoms with van der Waals surface area (Å²) in [4.78, 5) is 21.9. The zero-order chi connectivity index (χ0) is 20.9. The summed E-state index contributed by atoms with van der Waals surface area (Å²) in [5, 5.41) is 0. The number of benzene rings is 2. The van der Waals surface area contributed by atoms with Gasteiger partial charge >= 0.3 is 0 Å². The van der Waals surface area contributed by atoms with E-state index in [1.807, 2.05) is 17.0 Å². The molecule has 0 bridgehead atoms. The number of ether oxygens (including phenoxy) is 1. The van der Waals surface area contributed by atoms with Gasteiger partial charge in [0.15, 0.2) is 0 Å². The van der Waals surface area contributed by atoms with Crippen LogP contribution in [0.2, 0.25) is 0 Å². The molecule has 0 saturated carbocycles. The van der Waals surface area contributed by atoms with E-state index >= 15 is 0 Å². The summed E-state index contributed by atoms with van der Waals surface area (Å²) >= 11 is 0. The van der Waals surface area contributed by atoms with Gasteiger partial charge in [0.1, 0.15) is 5.75 Å². The number of para-hydroxylation sites is 1. The van der Waals surface area contributed by atoms with Crippen molar-refractivity contribution in [3.8, 4) is 5.75 Å². The second kappa shape index (κ2) is 9.39. The van der Waals surface area contributed by atoms with Crippen LogP contribution in [0.3, 0.4) is 0 Å². The topological polar surface area (TPSA) is 39.3 Å². The van der Waals surface area contributed by atoms with E-state index in [4.69, 9.17) is 4.74 Å². The minimum atomic E-state index is 0.258. The largest absolute Gasteiger partial charge is 0.497 e. The van der Waals surface area contributed by atoms with E-state index < -0.39 is 0 Å². The first-order valence-corrected chi connectivity index (χ1v) is 10.8. The third-order valence-electron chi connectivity index (χ3n) is 6.26. The second-order valence-corrected chi connectivity index (χ2v) is 8.12. The van der Waals surface area contributed by atoms with Crippen molar-refractivity contribution < 1.29 is 9.53 Å². The Labute approximate surface area is 179 Å². The van der Waals surface area contributed by atoms with Crippen molar-refractivity contribution in [2.45, 2.75) is 6.92 Å². The first-order valence-electron chi connectivity index (χ1n) is 10.8. The highest BCUT2D eigenvalue weighted by Crippen LogP contribution is 2.22. The molecule has 0 unspecified atom stereocenters. The Bertz CT molecular complexity index is 839. The van der Waals surface area contributed by atoms with Crippen LogP contribution in [-0.4, -0.2) is 81.7 Å². The molecule has 0 radical (unpaired) electrons. The molecular weight excluding hydrogens is 376 g/mol. The normalized spacial score (nSPS) is 17.9. The lowest BCUT2D eigenvalue weighted by Gasteiger charge is -2.39. The van der Waals surface area contributed by atoms with Crippen molar-refractivity contribution in [1.29, 1.82) is 0 Å². The van der Waals surface area contributed by atoms with E-state index in [9.17, 15) is 4.79 Å². The standard InChI is InChI=1S/C24H32N4O2/c1-20-5-3-4-6-23(20)27-13-11-25(12-14-27)19-24(29)28-17-15-26(16-18-28)21-7-9-22(30-2)10-8-21/h3-10H,11-19H2,1-2H3. The van der Waals surface area contributed by atoms with Gasteiger partial charge < -0.3 is 19.4 Å². The van der Waals surface area contributed by atoms with Crippen LogP contribution in [0, 0.1) is 6.92 Å². The van der Waals surface area contributed by atoms with Crippen LogP contribution in [-0.2, 0) is 4.79 Å². The zero-order valence-corrected chi connectivity index (χ0v) is 18.1. The summed E-state index contributed by atoms with van der Waals surface area (Å²) in [5.41, 5.74) is 3.82. The van der Waals surface area contributed by atoms with Crippen LogP contribution in [0.4, 0.5) is 11.4 Å². The monoisotopic (exact) mass is 408 g/mol. The van der Waals surface area contributed by atoms with Crippen molar-refractivity contribution in [3.63, 3.8) is 0 Å². The van der Waals surface area contributed by atoms with Crippen molar-refractivity contribution >= 4 is 17.3 Å².